The van der Waals surface area contributed by atoms with E-state index < -0.39 is 5.97 Å². The molecule has 1 aliphatic heterocycles. The van der Waals surface area contributed by atoms with Crippen molar-refractivity contribution < 1.29 is 9.90 Å². The molecule has 0 bridgehead atoms. The first-order valence-electron chi connectivity index (χ1n) is 6.25. The lowest BCUT2D eigenvalue weighted by molar-refractivity contribution is -0.136. The van der Waals surface area contributed by atoms with Crippen LogP contribution in [0.1, 0.15) is 18.5 Å². The fraction of sp³-hybridized carbons (Fsp3) is 0.667. The molecule has 0 amide bonds. The van der Waals surface area contributed by atoms with Crippen molar-refractivity contribution in [1.82, 2.24) is 9.88 Å². The Morgan fingerprint density at radius 2 is 2.28 bits per heavy atom. The number of likely N-dealkylation sites (tertiary alicyclic amines) is 1. The zero-order chi connectivity index (χ0) is 13.0. The van der Waals surface area contributed by atoms with E-state index in [2.05, 4.69) is 14.8 Å². The summed E-state index contributed by atoms with van der Waals surface area (Å²) < 4.78 is 0. The van der Waals surface area contributed by atoms with Crippen molar-refractivity contribution in [1.29, 1.82) is 0 Å². The molecular formula is C12H19N3O2S. The van der Waals surface area contributed by atoms with E-state index in [1.807, 2.05) is 12.4 Å². The third-order valence-corrected chi connectivity index (χ3v) is 4.15. The van der Waals surface area contributed by atoms with Gasteiger partial charge in [-0.2, -0.15) is 0 Å². The molecule has 6 heteroatoms. The second-order valence-electron chi connectivity index (χ2n) is 4.66. The predicted octanol–water partition coefficient (Wildman–Crippen LogP) is 1.30. The van der Waals surface area contributed by atoms with Gasteiger partial charge in [0.25, 0.3) is 0 Å². The molecule has 2 rings (SSSR count). The Hall–Kier alpha value is -1.14. The summed E-state index contributed by atoms with van der Waals surface area (Å²) in [5.74, 6) is -0.827. The maximum atomic E-state index is 10.6. The monoisotopic (exact) mass is 269 g/mol. The van der Waals surface area contributed by atoms with Gasteiger partial charge in [-0.25, -0.2) is 4.98 Å². The zero-order valence-electron chi connectivity index (χ0n) is 10.6. The van der Waals surface area contributed by atoms with Gasteiger partial charge in [-0.1, -0.05) is 0 Å². The molecule has 1 aliphatic rings. The summed E-state index contributed by atoms with van der Waals surface area (Å²) >= 11 is 1.52. The van der Waals surface area contributed by atoms with Crippen LogP contribution in [0.4, 0.5) is 5.13 Å². The topological polar surface area (TPSA) is 56.7 Å². The largest absolute Gasteiger partial charge is 0.481 e. The SMILES string of the molecule is CN(CCN1CCCC1)c1nc(CC(=O)O)cs1. The molecule has 1 saturated heterocycles. The highest BCUT2D eigenvalue weighted by Gasteiger charge is 2.13. The molecular weight excluding hydrogens is 250 g/mol. The Labute approximate surface area is 111 Å². The highest BCUT2D eigenvalue weighted by Crippen LogP contribution is 2.19. The first-order valence-corrected chi connectivity index (χ1v) is 7.13. The van der Waals surface area contributed by atoms with E-state index in [4.69, 9.17) is 5.11 Å². The number of thiazole rings is 1. The summed E-state index contributed by atoms with van der Waals surface area (Å²) in [5.41, 5.74) is 0.649. The molecule has 0 atom stereocenters. The number of hydrogen-bond donors (Lipinski definition) is 1. The number of rotatable bonds is 6. The first-order chi connectivity index (χ1) is 8.65. The van der Waals surface area contributed by atoms with Crippen LogP contribution in [-0.4, -0.2) is 54.2 Å². The van der Waals surface area contributed by atoms with Crippen LogP contribution in [0, 0.1) is 0 Å². The molecule has 0 aliphatic carbocycles. The van der Waals surface area contributed by atoms with Crippen LogP contribution in [0.5, 0.6) is 0 Å². The first kappa shape index (κ1) is 13.3. The lowest BCUT2D eigenvalue weighted by Gasteiger charge is -2.20. The third-order valence-electron chi connectivity index (χ3n) is 3.15. The number of aromatic nitrogens is 1. The van der Waals surface area contributed by atoms with Crippen LogP contribution in [-0.2, 0) is 11.2 Å². The molecule has 1 N–H and O–H groups in total. The fourth-order valence-electron chi connectivity index (χ4n) is 2.10. The fourth-order valence-corrected chi connectivity index (χ4v) is 2.92. The number of likely N-dealkylation sites (N-methyl/N-ethyl adjacent to an activating group) is 1. The maximum absolute atomic E-state index is 10.6. The molecule has 5 nitrogen and oxygen atoms in total. The molecule has 0 aromatic carbocycles. The summed E-state index contributed by atoms with van der Waals surface area (Å²) in [6.45, 7) is 4.41. The maximum Gasteiger partial charge on any atom is 0.309 e. The molecule has 2 heterocycles. The van der Waals surface area contributed by atoms with Crippen LogP contribution in [0.15, 0.2) is 5.38 Å². The van der Waals surface area contributed by atoms with Gasteiger partial charge in [0.05, 0.1) is 12.1 Å². The number of carboxylic acids is 1. The van der Waals surface area contributed by atoms with Crippen molar-refractivity contribution in [3.8, 4) is 0 Å². The van der Waals surface area contributed by atoms with Gasteiger partial charge in [0.1, 0.15) is 0 Å². The zero-order valence-corrected chi connectivity index (χ0v) is 11.4. The van der Waals surface area contributed by atoms with E-state index in [0.29, 0.717) is 5.69 Å². The van der Waals surface area contributed by atoms with Gasteiger partial charge in [-0.05, 0) is 25.9 Å². The van der Waals surface area contributed by atoms with E-state index in [-0.39, 0.29) is 6.42 Å². The van der Waals surface area contributed by atoms with E-state index >= 15 is 0 Å². The standard InChI is InChI=1S/C12H19N3O2S/c1-14(6-7-15-4-2-3-5-15)12-13-10(9-18-12)8-11(16)17/h9H,2-8H2,1H3,(H,16,17). The van der Waals surface area contributed by atoms with Gasteiger partial charge in [-0.3, -0.25) is 4.79 Å². The average molecular weight is 269 g/mol. The number of hydrogen-bond acceptors (Lipinski definition) is 5. The van der Waals surface area contributed by atoms with Gasteiger partial charge >= 0.3 is 5.97 Å². The number of carboxylic acid groups (broad SMARTS) is 1. The Morgan fingerprint density at radius 3 is 2.94 bits per heavy atom. The van der Waals surface area contributed by atoms with Crippen LogP contribution < -0.4 is 4.90 Å². The Balaban J connectivity index is 1.82. The summed E-state index contributed by atoms with van der Waals surface area (Å²) in [4.78, 5) is 19.5. The number of aliphatic carboxylic acids is 1. The Kier molecular flexibility index (Phi) is 4.54. The van der Waals surface area contributed by atoms with Crippen LogP contribution >= 0.6 is 11.3 Å². The molecule has 1 aromatic heterocycles. The van der Waals surface area contributed by atoms with Crippen molar-refractivity contribution >= 4 is 22.4 Å². The average Bonchev–Trinajstić information content (AvgIpc) is 2.95. The van der Waals surface area contributed by atoms with Crippen LogP contribution in [0.2, 0.25) is 0 Å². The van der Waals surface area contributed by atoms with Crippen molar-refractivity contribution in [2.45, 2.75) is 19.3 Å². The minimum Gasteiger partial charge on any atom is -0.481 e. The highest BCUT2D eigenvalue weighted by atomic mass is 32.1. The lowest BCUT2D eigenvalue weighted by Crippen LogP contribution is -2.31. The van der Waals surface area contributed by atoms with E-state index in [9.17, 15) is 4.79 Å². The van der Waals surface area contributed by atoms with Crippen molar-refractivity contribution in [3.63, 3.8) is 0 Å². The third kappa shape index (κ3) is 3.68. The molecule has 0 unspecified atom stereocenters. The summed E-state index contributed by atoms with van der Waals surface area (Å²) in [6.07, 6.45) is 2.63. The minimum absolute atomic E-state index is 0.0104. The molecule has 0 radical (unpaired) electrons. The number of carbonyl (C=O) groups is 1. The van der Waals surface area contributed by atoms with Gasteiger partial charge in [0, 0.05) is 25.5 Å². The highest BCUT2D eigenvalue weighted by molar-refractivity contribution is 7.13. The van der Waals surface area contributed by atoms with Gasteiger partial charge in [0.2, 0.25) is 0 Å². The molecule has 18 heavy (non-hydrogen) atoms. The number of nitrogens with zero attached hydrogens (tertiary/aromatic N) is 3. The summed E-state index contributed by atoms with van der Waals surface area (Å²) in [6, 6.07) is 0. The van der Waals surface area contributed by atoms with E-state index in [1.54, 1.807) is 0 Å². The smallest absolute Gasteiger partial charge is 0.309 e. The van der Waals surface area contributed by atoms with Crippen molar-refractivity contribution in [2.24, 2.45) is 0 Å². The summed E-state index contributed by atoms with van der Waals surface area (Å²) in [7, 11) is 2.01. The van der Waals surface area contributed by atoms with E-state index in [0.717, 1.165) is 18.2 Å². The minimum atomic E-state index is -0.827. The van der Waals surface area contributed by atoms with Crippen LogP contribution in [0.3, 0.4) is 0 Å². The van der Waals surface area contributed by atoms with Gasteiger partial charge in [-0.15, -0.1) is 11.3 Å². The second kappa shape index (κ2) is 6.15. The van der Waals surface area contributed by atoms with Gasteiger partial charge < -0.3 is 14.9 Å². The predicted molar refractivity (Wildman–Crippen MR) is 72.4 cm³/mol. The molecule has 1 fully saturated rings. The van der Waals surface area contributed by atoms with E-state index in [1.165, 1.54) is 37.3 Å². The molecule has 0 saturated carbocycles. The Morgan fingerprint density at radius 1 is 1.56 bits per heavy atom. The quantitative estimate of drug-likeness (QED) is 0.843. The number of anilines is 1. The van der Waals surface area contributed by atoms with Crippen molar-refractivity contribution in [3.05, 3.63) is 11.1 Å². The normalized spacial score (nSPS) is 16.1. The second-order valence-corrected chi connectivity index (χ2v) is 5.50. The molecule has 100 valence electrons. The summed E-state index contributed by atoms with van der Waals surface area (Å²) in [5, 5.41) is 11.4. The van der Waals surface area contributed by atoms with Crippen LogP contribution in [0.25, 0.3) is 0 Å². The lowest BCUT2D eigenvalue weighted by atomic mass is 10.3. The van der Waals surface area contributed by atoms with Gasteiger partial charge in [0.15, 0.2) is 5.13 Å². The van der Waals surface area contributed by atoms with Crippen molar-refractivity contribution in [2.75, 3.05) is 38.1 Å². The molecule has 0 spiro atoms. The molecule has 1 aromatic rings. The Bertz CT molecular complexity index is 402.